The summed E-state index contributed by atoms with van der Waals surface area (Å²) in [7, 11) is 0. The normalized spacial score (nSPS) is 39.6. The van der Waals surface area contributed by atoms with Crippen molar-refractivity contribution in [2.45, 2.75) is 64.4 Å². The molecular weight excluding hydrogens is 538 g/mol. The molecule has 9 heteroatoms. The molecule has 0 radical (unpaired) electrons. The van der Waals surface area contributed by atoms with Crippen molar-refractivity contribution in [3.05, 3.63) is 64.7 Å². The van der Waals surface area contributed by atoms with E-state index in [-0.39, 0.29) is 11.3 Å². The summed E-state index contributed by atoms with van der Waals surface area (Å²) in [6, 6.07) is 12.7. The maximum atomic E-state index is 14.3. The molecule has 1 amide bonds. The minimum Gasteiger partial charge on any atom is -0.507 e. The quantitative estimate of drug-likeness (QED) is 0.237. The van der Waals surface area contributed by atoms with Gasteiger partial charge in [-0.25, -0.2) is 0 Å². The third-order valence-electron chi connectivity index (χ3n) is 10.9. The minimum absolute atomic E-state index is 0.0613. The number of fused-ring (bicyclic) bond motifs is 3. The van der Waals surface area contributed by atoms with Gasteiger partial charge < -0.3 is 31.3 Å². The summed E-state index contributed by atoms with van der Waals surface area (Å²) >= 11 is 0. The molecule has 0 saturated heterocycles. The third kappa shape index (κ3) is 3.60. The average Bonchev–Trinajstić information content (AvgIpc) is 2.93. The van der Waals surface area contributed by atoms with E-state index in [0.29, 0.717) is 11.1 Å². The van der Waals surface area contributed by atoms with Crippen molar-refractivity contribution in [3.8, 4) is 5.75 Å². The molecular formula is C33H39NO8. The van der Waals surface area contributed by atoms with Crippen molar-refractivity contribution in [2.24, 2.45) is 40.2 Å². The van der Waals surface area contributed by atoms with Crippen LogP contribution < -0.4 is 5.73 Å². The lowest BCUT2D eigenvalue weighted by molar-refractivity contribution is -0.306. The SMILES string of the molecule is CC(C)[C@H]1C(O)[C@@H](C(N)=O)C(=O)[C@]2(O)C(O)[C@H]3C(=O)c4c(ccc(/C=C/c5ccccc5)c4O)[C@@H](C)[C@]3(C)[C@@H](O)[C@]12C. The number of aliphatic hydroxyl groups excluding tert-OH is 3. The number of nitrogens with two attached hydrogens (primary N) is 1. The second kappa shape index (κ2) is 9.84. The number of rotatable bonds is 4. The highest BCUT2D eigenvalue weighted by atomic mass is 16.4. The van der Waals surface area contributed by atoms with Crippen LogP contribution in [0.3, 0.4) is 0 Å². The van der Waals surface area contributed by atoms with Crippen LogP contribution in [-0.2, 0) is 9.59 Å². The van der Waals surface area contributed by atoms with Gasteiger partial charge in [-0.05, 0) is 28.9 Å². The number of carbonyl (C=O) groups is 3. The molecule has 10 atom stereocenters. The summed E-state index contributed by atoms with van der Waals surface area (Å²) in [5, 5.41) is 59.1. The van der Waals surface area contributed by atoms with Gasteiger partial charge in [0.1, 0.15) is 17.8 Å². The number of ketones is 2. The molecule has 2 saturated carbocycles. The molecule has 42 heavy (non-hydrogen) atoms. The Hall–Kier alpha value is -3.37. The highest BCUT2D eigenvalue weighted by Gasteiger charge is 2.80. The third-order valence-corrected chi connectivity index (χ3v) is 10.9. The number of Topliss-reactive ketones (excluding diaryl/α,β-unsaturated/α-hetero) is 2. The topological polar surface area (TPSA) is 178 Å². The second-order valence-electron chi connectivity index (χ2n) is 13.0. The molecule has 9 nitrogen and oxygen atoms in total. The number of phenolic OH excluding ortho intramolecular Hbond substituents is 1. The van der Waals surface area contributed by atoms with Gasteiger partial charge in [-0.2, -0.15) is 0 Å². The summed E-state index contributed by atoms with van der Waals surface area (Å²) < 4.78 is 0. The summed E-state index contributed by atoms with van der Waals surface area (Å²) in [6.07, 6.45) is -1.88. The monoisotopic (exact) mass is 577 g/mol. The molecule has 2 aromatic carbocycles. The van der Waals surface area contributed by atoms with E-state index in [4.69, 9.17) is 5.73 Å². The molecule has 0 aromatic heterocycles. The molecule has 0 heterocycles. The van der Waals surface area contributed by atoms with Crippen LogP contribution in [0, 0.1) is 34.5 Å². The Morgan fingerprint density at radius 2 is 1.62 bits per heavy atom. The summed E-state index contributed by atoms with van der Waals surface area (Å²) in [6.45, 7) is 8.24. The lowest BCUT2D eigenvalue weighted by Gasteiger charge is -2.69. The van der Waals surface area contributed by atoms with Gasteiger partial charge >= 0.3 is 0 Å². The number of carbonyl (C=O) groups excluding carboxylic acids is 3. The first kappa shape index (κ1) is 30.1. The van der Waals surface area contributed by atoms with Gasteiger partial charge in [0.25, 0.3) is 0 Å². The first-order valence-electron chi connectivity index (χ1n) is 14.3. The van der Waals surface area contributed by atoms with E-state index >= 15 is 0 Å². The molecule has 7 N–H and O–H groups in total. The van der Waals surface area contributed by atoms with Crippen molar-refractivity contribution in [1.29, 1.82) is 0 Å². The summed E-state index contributed by atoms with van der Waals surface area (Å²) in [4.78, 5) is 40.6. The van der Waals surface area contributed by atoms with Crippen LogP contribution in [0.25, 0.3) is 12.2 Å². The number of amides is 1. The zero-order valence-electron chi connectivity index (χ0n) is 24.4. The van der Waals surface area contributed by atoms with Crippen LogP contribution in [0.2, 0.25) is 0 Å². The van der Waals surface area contributed by atoms with E-state index in [1.807, 2.05) is 30.3 Å². The predicted octanol–water partition coefficient (Wildman–Crippen LogP) is 2.28. The Kier molecular flexibility index (Phi) is 7.05. The Bertz CT molecular complexity index is 1490. The Labute approximate surface area is 244 Å². The van der Waals surface area contributed by atoms with Gasteiger partial charge in [0.05, 0.1) is 23.7 Å². The highest BCUT2D eigenvalue weighted by molar-refractivity contribution is 6.09. The van der Waals surface area contributed by atoms with Gasteiger partial charge in [0, 0.05) is 16.4 Å². The zero-order valence-corrected chi connectivity index (χ0v) is 24.4. The average molecular weight is 578 g/mol. The summed E-state index contributed by atoms with van der Waals surface area (Å²) in [5.41, 5.74) is 0.999. The van der Waals surface area contributed by atoms with E-state index in [1.54, 1.807) is 52.0 Å². The van der Waals surface area contributed by atoms with E-state index < -0.39 is 81.8 Å². The number of phenols is 1. The second-order valence-corrected chi connectivity index (χ2v) is 13.0. The van der Waals surface area contributed by atoms with Crippen molar-refractivity contribution in [3.63, 3.8) is 0 Å². The van der Waals surface area contributed by atoms with Crippen LogP contribution in [-0.4, -0.2) is 66.9 Å². The molecule has 0 bridgehead atoms. The van der Waals surface area contributed by atoms with E-state index in [0.717, 1.165) is 5.56 Å². The highest BCUT2D eigenvalue weighted by Crippen LogP contribution is 2.68. The van der Waals surface area contributed by atoms with E-state index in [9.17, 15) is 39.9 Å². The van der Waals surface area contributed by atoms with Gasteiger partial charge in [0.15, 0.2) is 17.2 Å². The van der Waals surface area contributed by atoms with E-state index in [1.165, 1.54) is 6.92 Å². The van der Waals surface area contributed by atoms with Crippen LogP contribution in [0.5, 0.6) is 5.75 Å². The van der Waals surface area contributed by atoms with Gasteiger partial charge in [-0.3, -0.25) is 14.4 Å². The lowest BCUT2D eigenvalue weighted by Crippen LogP contribution is -2.83. The van der Waals surface area contributed by atoms with Gasteiger partial charge in [-0.1, -0.05) is 89.2 Å². The molecule has 224 valence electrons. The van der Waals surface area contributed by atoms with Gasteiger partial charge in [0.2, 0.25) is 5.91 Å². The summed E-state index contributed by atoms with van der Waals surface area (Å²) in [5.74, 6) is -9.03. The number of aliphatic hydroxyl groups is 4. The number of primary amides is 1. The fourth-order valence-electron chi connectivity index (χ4n) is 8.66. The molecule has 0 spiro atoms. The van der Waals surface area contributed by atoms with Crippen LogP contribution >= 0.6 is 0 Å². The molecule has 2 aromatic rings. The number of benzene rings is 2. The number of hydrogen-bond donors (Lipinski definition) is 6. The standard InChI is InChI=1S/C33H39NO8/c1-15(2)22-26(37)21(29(34)40)27(38)33(42)28(39)23-25(36)20-19(16(3)31(23,4)30(41)32(22,33)5)14-13-18(24(20)35)12-11-17-9-7-6-8-10-17/h6-16,21-23,26,28,30,35,37,39,41-42H,1-5H3,(H2,34,40)/b12-11+/t16-,21-,22+,23-,26?,28?,30-,31+,32+,33+/m1/s1. The fourth-order valence-corrected chi connectivity index (χ4v) is 8.66. The van der Waals surface area contributed by atoms with Crippen molar-refractivity contribution >= 4 is 29.6 Å². The lowest BCUT2D eigenvalue weighted by atomic mass is 9.36. The smallest absolute Gasteiger partial charge is 0.230 e. The molecule has 5 rings (SSSR count). The Morgan fingerprint density at radius 1 is 1.00 bits per heavy atom. The molecule has 2 unspecified atom stereocenters. The maximum absolute atomic E-state index is 14.3. The molecule has 3 aliphatic carbocycles. The Morgan fingerprint density at radius 3 is 2.19 bits per heavy atom. The van der Waals surface area contributed by atoms with Crippen LogP contribution in [0.4, 0.5) is 0 Å². The number of aromatic hydroxyl groups is 1. The van der Waals surface area contributed by atoms with Crippen LogP contribution in [0.15, 0.2) is 42.5 Å². The maximum Gasteiger partial charge on any atom is 0.230 e. The molecule has 0 aliphatic heterocycles. The Balaban J connectivity index is 1.71. The van der Waals surface area contributed by atoms with Crippen molar-refractivity contribution in [2.75, 3.05) is 0 Å². The first-order valence-corrected chi connectivity index (χ1v) is 14.3. The fraction of sp³-hybridized carbons (Fsp3) is 0.485. The van der Waals surface area contributed by atoms with Crippen LogP contribution in [0.1, 0.15) is 67.6 Å². The largest absolute Gasteiger partial charge is 0.507 e. The molecule has 2 fully saturated rings. The van der Waals surface area contributed by atoms with Crippen molar-refractivity contribution in [1.82, 2.24) is 0 Å². The molecule has 3 aliphatic rings. The van der Waals surface area contributed by atoms with E-state index in [2.05, 4.69) is 0 Å². The number of hydrogen-bond acceptors (Lipinski definition) is 8. The van der Waals surface area contributed by atoms with Gasteiger partial charge in [-0.15, -0.1) is 0 Å². The predicted molar refractivity (Wildman–Crippen MR) is 155 cm³/mol. The zero-order chi connectivity index (χ0) is 31.1. The van der Waals surface area contributed by atoms with Crippen molar-refractivity contribution < 1.29 is 39.9 Å². The first-order chi connectivity index (χ1) is 19.6. The minimum atomic E-state index is -2.81.